The summed E-state index contributed by atoms with van der Waals surface area (Å²) in [5.41, 5.74) is -1.26. The second-order valence-corrected chi connectivity index (χ2v) is 4.67. The van der Waals surface area contributed by atoms with Crippen molar-refractivity contribution in [2.45, 2.75) is 19.4 Å². The van der Waals surface area contributed by atoms with Crippen LogP contribution in [0.3, 0.4) is 0 Å². The van der Waals surface area contributed by atoms with E-state index in [9.17, 15) is 23.7 Å². The second-order valence-electron chi connectivity index (χ2n) is 4.67. The molecule has 0 radical (unpaired) electrons. The molecule has 1 aliphatic heterocycles. The Kier molecular flexibility index (Phi) is 3.93. The van der Waals surface area contributed by atoms with Crippen molar-refractivity contribution >= 4 is 17.3 Å². The minimum atomic E-state index is -1.28. The standard InChI is InChI=1S/C12H13F2N3O3/c1-6-7(2-3-15-6)12(18)16-10-5-11(17(19)20)9(14)4-8(10)13/h4-7,15H,2-3H2,1H3,(H,16,18). The average molecular weight is 285 g/mol. The summed E-state index contributed by atoms with van der Waals surface area (Å²) in [7, 11) is 0. The minimum absolute atomic E-state index is 0.0616. The van der Waals surface area contributed by atoms with Crippen LogP contribution in [0, 0.1) is 27.7 Å². The third-order valence-corrected chi connectivity index (χ3v) is 3.35. The lowest BCUT2D eigenvalue weighted by atomic mass is 10.0. The van der Waals surface area contributed by atoms with Gasteiger partial charge in [0.05, 0.1) is 16.5 Å². The predicted molar refractivity (Wildman–Crippen MR) is 67.2 cm³/mol. The van der Waals surface area contributed by atoms with E-state index >= 15 is 0 Å². The van der Waals surface area contributed by atoms with Crippen molar-refractivity contribution in [2.24, 2.45) is 5.92 Å². The number of amides is 1. The van der Waals surface area contributed by atoms with Crippen molar-refractivity contribution in [2.75, 3.05) is 11.9 Å². The molecule has 1 amide bonds. The molecule has 0 spiro atoms. The Morgan fingerprint density at radius 1 is 1.45 bits per heavy atom. The predicted octanol–water partition coefficient (Wildman–Crippen LogP) is 1.81. The van der Waals surface area contributed by atoms with Gasteiger partial charge in [-0.05, 0) is 19.9 Å². The molecule has 6 nitrogen and oxygen atoms in total. The van der Waals surface area contributed by atoms with Gasteiger partial charge in [0.2, 0.25) is 11.7 Å². The van der Waals surface area contributed by atoms with Crippen LogP contribution in [0.15, 0.2) is 12.1 Å². The Balaban J connectivity index is 2.22. The molecule has 1 saturated heterocycles. The van der Waals surface area contributed by atoms with Gasteiger partial charge >= 0.3 is 5.69 Å². The first-order valence-corrected chi connectivity index (χ1v) is 6.08. The molecule has 1 aromatic rings. The van der Waals surface area contributed by atoms with Gasteiger partial charge < -0.3 is 10.6 Å². The van der Waals surface area contributed by atoms with Gasteiger partial charge in [0, 0.05) is 18.2 Å². The molecule has 2 rings (SSSR count). The number of nitro groups is 1. The highest BCUT2D eigenvalue weighted by Crippen LogP contribution is 2.26. The van der Waals surface area contributed by atoms with Crippen molar-refractivity contribution in [1.82, 2.24) is 5.32 Å². The molecule has 1 aliphatic rings. The van der Waals surface area contributed by atoms with Crippen LogP contribution in [0.4, 0.5) is 20.2 Å². The van der Waals surface area contributed by atoms with Crippen LogP contribution in [0.25, 0.3) is 0 Å². The van der Waals surface area contributed by atoms with Gasteiger partial charge in [0.1, 0.15) is 5.82 Å². The van der Waals surface area contributed by atoms with E-state index in [2.05, 4.69) is 10.6 Å². The summed E-state index contributed by atoms with van der Waals surface area (Å²) in [5.74, 6) is -3.11. The first-order valence-electron chi connectivity index (χ1n) is 6.08. The molecular formula is C12H13F2N3O3. The highest BCUT2D eigenvalue weighted by molar-refractivity contribution is 5.93. The van der Waals surface area contributed by atoms with Crippen LogP contribution in [0.5, 0.6) is 0 Å². The highest BCUT2D eigenvalue weighted by atomic mass is 19.1. The Hall–Kier alpha value is -2.09. The largest absolute Gasteiger partial charge is 0.323 e. The van der Waals surface area contributed by atoms with Crippen molar-refractivity contribution < 1.29 is 18.5 Å². The molecule has 2 N–H and O–H groups in total. The zero-order valence-electron chi connectivity index (χ0n) is 10.7. The monoisotopic (exact) mass is 285 g/mol. The molecule has 2 atom stereocenters. The van der Waals surface area contributed by atoms with Crippen LogP contribution in [-0.2, 0) is 4.79 Å². The molecule has 20 heavy (non-hydrogen) atoms. The number of nitrogens with one attached hydrogen (secondary N) is 2. The zero-order valence-corrected chi connectivity index (χ0v) is 10.7. The molecule has 0 aliphatic carbocycles. The fourth-order valence-electron chi connectivity index (χ4n) is 2.22. The quantitative estimate of drug-likeness (QED) is 0.655. The summed E-state index contributed by atoms with van der Waals surface area (Å²) in [6, 6.07) is 1.02. The molecule has 0 aromatic heterocycles. The van der Waals surface area contributed by atoms with E-state index in [0.717, 1.165) is 0 Å². The fraction of sp³-hybridized carbons (Fsp3) is 0.417. The number of hydrogen-bond acceptors (Lipinski definition) is 4. The summed E-state index contributed by atoms with van der Waals surface area (Å²) in [6.07, 6.45) is 0.595. The van der Waals surface area contributed by atoms with Gasteiger partial charge in [0.25, 0.3) is 0 Å². The van der Waals surface area contributed by atoms with E-state index < -0.39 is 28.2 Å². The third kappa shape index (κ3) is 2.74. The normalized spacial score (nSPS) is 21.8. The number of hydrogen-bond donors (Lipinski definition) is 2. The van der Waals surface area contributed by atoms with E-state index in [1.807, 2.05) is 6.92 Å². The number of carbonyl (C=O) groups excluding carboxylic acids is 1. The summed E-state index contributed by atoms with van der Waals surface area (Å²) in [6.45, 7) is 2.49. The Morgan fingerprint density at radius 3 is 2.70 bits per heavy atom. The molecule has 0 bridgehead atoms. The van der Waals surface area contributed by atoms with Gasteiger partial charge in [-0.1, -0.05) is 0 Å². The summed E-state index contributed by atoms with van der Waals surface area (Å²) >= 11 is 0. The van der Waals surface area contributed by atoms with Gasteiger partial charge in [-0.2, -0.15) is 4.39 Å². The van der Waals surface area contributed by atoms with Crippen molar-refractivity contribution in [3.8, 4) is 0 Å². The van der Waals surface area contributed by atoms with E-state index in [0.29, 0.717) is 25.1 Å². The maximum Gasteiger partial charge on any atom is 0.307 e. The number of halogens is 2. The minimum Gasteiger partial charge on any atom is -0.323 e. The Bertz CT molecular complexity index is 565. The average Bonchev–Trinajstić information content (AvgIpc) is 2.78. The van der Waals surface area contributed by atoms with E-state index in [1.165, 1.54) is 0 Å². The molecule has 8 heteroatoms. The lowest BCUT2D eigenvalue weighted by molar-refractivity contribution is -0.387. The van der Waals surface area contributed by atoms with Crippen molar-refractivity contribution in [3.05, 3.63) is 33.9 Å². The molecule has 1 aromatic carbocycles. The Morgan fingerprint density at radius 2 is 2.15 bits per heavy atom. The van der Waals surface area contributed by atoms with Crippen LogP contribution in [0.1, 0.15) is 13.3 Å². The van der Waals surface area contributed by atoms with Crippen LogP contribution in [-0.4, -0.2) is 23.4 Å². The number of rotatable bonds is 3. The van der Waals surface area contributed by atoms with Crippen molar-refractivity contribution in [1.29, 1.82) is 0 Å². The number of nitrogens with zero attached hydrogens (tertiary/aromatic N) is 1. The summed E-state index contributed by atoms with van der Waals surface area (Å²) in [4.78, 5) is 21.6. The third-order valence-electron chi connectivity index (χ3n) is 3.35. The summed E-state index contributed by atoms with van der Waals surface area (Å²) in [5, 5.41) is 15.9. The van der Waals surface area contributed by atoms with Gasteiger partial charge in [-0.15, -0.1) is 0 Å². The fourth-order valence-corrected chi connectivity index (χ4v) is 2.22. The second kappa shape index (κ2) is 5.49. The molecule has 0 saturated carbocycles. The Labute approximate surface area is 113 Å². The number of carbonyl (C=O) groups is 1. The van der Waals surface area contributed by atoms with E-state index in [1.54, 1.807) is 0 Å². The van der Waals surface area contributed by atoms with Gasteiger partial charge in [-0.25, -0.2) is 4.39 Å². The highest BCUT2D eigenvalue weighted by Gasteiger charge is 2.30. The molecular weight excluding hydrogens is 272 g/mol. The number of anilines is 1. The number of benzene rings is 1. The maximum atomic E-state index is 13.5. The molecule has 2 unspecified atom stereocenters. The smallest absolute Gasteiger partial charge is 0.307 e. The van der Waals surface area contributed by atoms with Gasteiger partial charge in [-0.3, -0.25) is 14.9 Å². The maximum absolute atomic E-state index is 13.5. The molecule has 1 fully saturated rings. The first-order chi connectivity index (χ1) is 9.40. The lowest BCUT2D eigenvalue weighted by Gasteiger charge is -2.15. The topological polar surface area (TPSA) is 84.3 Å². The zero-order chi connectivity index (χ0) is 14.9. The SMILES string of the molecule is CC1NCCC1C(=O)Nc1cc([N+](=O)[O-])c(F)cc1F. The first kappa shape index (κ1) is 14.3. The number of nitro benzene ring substituents is 1. The van der Waals surface area contributed by atoms with Crippen LogP contribution < -0.4 is 10.6 Å². The van der Waals surface area contributed by atoms with Crippen molar-refractivity contribution in [3.63, 3.8) is 0 Å². The van der Waals surface area contributed by atoms with Crippen LogP contribution >= 0.6 is 0 Å². The summed E-state index contributed by atoms with van der Waals surface area (Å²) < 4.78 is 26.7. The van der Waals surface area contributed by atoms with E-state index in [4.69, 9.17) is 0 Å². The van der Waals surface area contributed by atoms with E-state index in [-0.39, 0.29) is 17.6 Å². The van der Waals surface area contributed by atoms with Gasteiger partial charge in [0.15, 0.2) is 0 Å². The van der Waals surface area contributed by atoms with Crippen LogP contribution in [0.2, 0.25) is 0 Å². The molecule has 1 heterocycles. The molecule has 108 valence electrons. The lowest BCUT2D eigenvalue weighted by Crippen LogP contribution is -2.32.